The van der Waals surface area contributed by atoms with Gasteiger partial charge in [0.15, 0.2) is 5.69 Å². The SMILES string of the molecule is COc1ncnc(C2CC2)c1-c1nn(C)c2c1CN(C13C4C5C1C1C3C4C51c1nc(C(F)(F)F)cn1C)CC2. The quantitative estimate of drug-likeness (QED) is 0.499. The summed E-state index contributed by atoms with van der Waals surface area (Å²) in [4.78, 5) is 16.0. The van der Waals surface area contributed by atoms with Gasteiger partial charge in [-0.1, -0.05) is 0 Å². The van der Waals surface area contributed by atoms with Crippen LogP contribution < -0.4 is 4.74 Å². The lowest BCUT2D eigenvalue weighted by molar-refractivity contribution is -0.618. The molecule has 0 bridgehead atoms. The van der Waals surface area contributed by atoms with E-state index in [-0.39, 0.29) is 11.0 Å². The minimum Gasteiger partial charge on any atom is -0.480 e. The lowest BCUT2D eigenvalue weighted by Crippen LogP contribution is -3.16. The van der Waals surface area contributed by atoms with Crippen LogP contribution in [0.25, 0.3) is 11.3 Å². The van der Waals surface area contributed by atoms with Gasteiger partial charge in [-0.05, 0) is 48.3 Å². The van der Waals surface area contributed by atoms with Crippen molar-refractivity contribution in [2.24, 2.45) is 49.6 Å². The number of alkyl halides is 3. The zero-order chi connectivity index (χ0) is 26.4. The fourth-order valence-electron chi connectivity index (χ4n) is 11.1. The number of nitrogens with zero attached hydrogens (tertiary/aromatic N) is 7. The number of rotatable bonds is 5. The Hall–Kier alpha value is -2.95. The molecule has 0 atom stereocenters. The molecule has 202 valence electrons. The first-order valence-electron chi connectivity index (χ1n) is 14.1. The molecule has 7 saturated carbocycles. The van der Waals surface area contributed by atoms with E-state index in [1.807, 2.05) is 11.7 Å². The zero-order valence-electron chi connectivity index (χ0n) is 21.9. The molecule has 0 spiro atoms. The van der Waals surface area contributed by atoms with Crippen LogP contribution in [0.3, 0.4) is 0 Å². The van der Waals surface area contributed by atoms with Crippen LogP contribution in [-0.4, -0.2) is 53.4 Å². The highest BCUT2D eigenvalue weighted by molar-refractivity contribution is 5.73. The molecule has 0 radical (unpaired) electrons. The minimum absolute atomic E-state index is 0.0890. The van der Waals surface area contributed by atoms with Crippen molar-refractivity contribution in [1.82, 2.24) is 34.2 Å². The molecule has 0 N–H and O–H groups in total. The van der Waals surface area contributed by atoms with Crippen LogP contribution in [0.1, 0.15) is 47.2 Å². The maximum atomic E-state index is 13.4. The van der Waals surface area contributed by atoms with E-state index in [0.29, 0.717) is 53.1 Å². The largest absolute Gasteiger partial charge is 0.480 e. The van der Waals surface area contributed by atoms with Gasteiger partial charge in [-0.25, -0.2) is 15.0 Å². The van der Waals surface area contributed by atoms with Gasteiger partial charge in [-0.15, -0.1) is 0 Å². The molecule has 0 saturated heterocycles. The van der Waals surface area contributed by atoms with Crippen LogP contribution in [-0.2, 0) is 38.7 Å². The van der Waals surface area contributed by atoms with Crippen molar-refractivity contribution in [2.45, 2.75) is 48.9 Å². The van der Waals surface area contributed by atoms with E-state index in [4.69, 9.17) is 9.84 Å². The van der Waals surface area contributed by atoms with Crippen LogP contribution in [0.4, 0.5) is 13.2 Å². The van der Waals surface area contributed by atoms with Crippen LogP contribution in [0.5, 0.6) is 5.88 Å². The molecule has 0 amide bonds. The van der Waals surface area contributed by atoms with E-state index in [1.54, 1.807) is 25.1 Å². The van der Waals surface area contributed by atoms with Crippen molar-refractivity contribution in [3.8, 4) is 17.1 Å². The van der Waals surface area contributed by atoms with Gasteiger partial charge < -0.3 is 9.30 Å². The molecule has 11 heteroatoms. The van der Waals surface area contributed by atoms with Crippen LogP contribution in [0.15, 0.2) is 12.5 Å². The summed E-state index contributed by atoms with van der Waals surface area (Å²) in [5.41, 5.74) is 4.89. The van der Waals surface area contributed by atoms with Gasteiger partial charge >= 0.3 is 6.18 Å². The number of hydrogen-bond acceptors (Lipinski definition) is 6. The number of aromatic nitrogens is 6. The van der Waals surface area contributed by atoms with Crippen molar-refractivity contribution >= 4 is 0 Å². The summed E-state index contributed by atoms with van der Waals surface area (Å²) < 4.78 is 49.6. The summed E-state index contributed by atoms with van der Waals surface area (Å²) in [7, 11) is 5.43. The Balaban J connectivity index is 0.987. The lowest BCUT2D eigenvalue weighted by Gasteiger charge is -3.11. The van der Waals surface area contributed by atoms with Crippen LogP contribution in [0.2, 0.25) is 0 Å². The molecule has 4 heterocycles. The molecule has 7 fully saturated rings. The average Bonchev–Trinajstić information content (AvgIpc) is 3.62. The predicted octanol–water partition coefficient (Wildman–Crippen LogP) is 3.32. The highest BCUT2D eigenvalue weighted by atomic mass is 19.4. The van der Waals surface area contributed by atoms with Crippen molar-refractivity contribution in [3.05, 3.63) is 41.0 Å². The third kappa shape index (κ3) is 1.98. The van der Waals surface area contributed by atoms with E-state index in [0.717, 1.165) is 49.3 Å². The third-order valence-corrected chi connectivity index (χ3v) is 12.2. The van der Waals surface area contributed by atoms with Gasteiger partial charge in [0.2, 0.25) is 5.88 Å². The molecule has 39 heavy (non-hydrogen) atoms. The summed E-state index contributed by atoms with van der Waals surface area (Å²) in [5.74, 6) is 5.02. The Kier molecular flexibility index (Phi) is 3.46. The number of ether oxygens (including phenoxy) is 1. The fraction of sp³-hybridized carbons (Fsp3) is 0.643. The van der Waals surface area contributed by atoms with Crippen LogP contribution >= 0.6 is 0 Å². The van der Waals surface area contributed by atoms with Crippen molar-refractivity contribution in [1.29, 1.82) is 0 Å². The van der Waals surface area contributed by atoms with Crippen molar-refractivity contribution < 1.29 is 17.9 Å². The van der Waals surface area contributed by atoms with Crippen LogP contribution in [0, 0.1) is 35.5 Å². The summed E-state index contributed by atoms with van der Waals surface area (Å²) in [5, 5.41) is 5.01. The van der Waals surface area contributed by atoms with Gasteiger partial charge in [-0.2, -0.15) is 18.3 Å². The van der Waals surface area contributed by atoms with E-state index in [1.165, 1.54) is 17.5 Å². The Morgan fingerprint density at radius 1 is 1.03 bits per heavy atom. The molecule has 11 rings (SSSR count). The first-order chi connectivity index (χ1) is 18.8. The fourth-order valence-corrected chi connectivity index (χ4v) is 11.1. The summed E-state index contributed by atoms with van der Waals surface area (Å²) in [6.07, 6.45) is 1.60. The highest BCUT2D eigenvalue weighted by Gasteiger charge is 3.11. The molecule has 8 nitrogen and oxygen atoms in total. The van der Waals surface area contributed by atoms with Gasteiger partial charge in [0, 0.05) is 67.9 Å². The maximum Gasteiger partial charge on any atom is 0.434 e. The smallest absolute Gasteiger partial charge is 0.434 e. The monoisotopic (exact) mass is 535 g/mol. The number of aryl methyl sites for hydroxylation is 2. The maximum absolute atomic E-state index is 13.4. The normalized spacial score (nSPS) is 40.1. The standard InChI is InChI=1S/C28H28F3N7O/c1-36-9-14(28(29,30)31)34-25(36)26-16-19-17(26)21-18(26)20(16)27(19,21)38-7-6-13-12(8-38)23(35-37(13)2)15-22(11-4-5-11)32-10-33-24(15)39-3/h9-11,16-21H,4-8H2,1-3H3. The third-order valence-electron chi connectivity index (χ3n) is 12.2. The van der Waals surface area contributed by atoms with E-state index < -0.39 is 11.9 Å². The Morgan fingerprint density at radius 3 is 2.36 bits per heavy atom. The Labute approximate surface area is 222 Å². The molecule has 7 aliphatic carbocycles. The number of fused-ring (bicyclic) bond motifs is 1. The van der Waals surface area contributed by atoms with E-state index >= 15 is 0 Å². The minimum atomic E-state index is -4.39. The van der Waals surface area contributed by atoms with Gasteiger partial charge in [0.05, 0.1) is 18.4 Å². The summed E-state index contributed by atoms with van der Waals surface area (Å²) in [6, 6.07) is 0. The molecule has 0 unspecified atom stereocenters. The number of methoxy groups -OCH3 is 1. The van der Waals surface area contributed by atoms with E-state index in [9.17, 15) is 13.2 Å². The lowest BCUT2D eigenvalue weighted by atomic mass is 8.93. The Bertz CT molecular complexity index is 1580. The van der Waals surface area contributed by atoms with Crippen molar-refractivity contribution in [2.75, 3.05) is 13.7 Å². The summed E-state index contributed by atoms with van der Waals surface area (Å²) >= 11 is 0. The second-order valence-electron chi connectivity index (χ2n) is 13.0. The summed E-state index contributed by atoms with van der Waals surface area (Å²) in [6.45, 7) is 1.86. The topological polar surface area (TPSA) is 73.9 Å². The zero-order valence-corrected chi connectivity index (χ0v) is 21.9. The molecular weight excluding hydrogens is 507 g/mol. The Morgan fingerprint density at radius 2 is 1.74 bits per heavy atom. The molecule has 0 aromatic carbocycles. The molecule has 3 aromatic heterocycles. The second kappa shape index (κ2) is 6.19. The second-order valence-corrected chi connectivity index (χ2v) is 13.0. The first-order valence-corrected chi connectivity index (χ1v) is 14.1. The number of hydrogen-bond donors (Lipinski definition) is 0. The number of halogens is 3. The molecule has 3 aromatic rings. The van der Waals surface area contributed by atoms with Gasteiger partial charge in [0.25, 0.3) is 0 Å². The highest BCUT2D eigenvalue weighted by Crippen LogP contribution is 3.07. The van der Waals surface area contributed by atoms with Gasteiger partial charge in [-0.3, -0.25) is 9.58 Å². The average molecular weight is 536 g/mol. The van der Waals surface area contributed by atoms with Crippen molar-refractivity contribution in [3.63, 3.8) is 0 Å². The first kappa shape index (κ1) is 21.8. The molecule has 1 aliphatic heterocycles. The molecular formula is C28H28F3N7O. The predicted molar refractivity (Wildman–Crippen MR) is 130 cm³/mol. The van der Waals surface area contributed by atoms with Gasteiger partial charge in [0.1, 0.15) is 17.8 Å². The number of imidazole rings is 1. The molecule has 8 aliphatic rings. The van der Waals surface area contributed by atoms with E-state index in [2.05, 4.69) is 19.9 Å².